The van der Waals surface area contributed by atoms with Crippen LogP contribution in [0.1, 0.15) is 74.4 Å². The van der Waals surface area contributed by atoms with Crippen molar-refractivity contribution in [3.63, 3.8) is 0 Å². The second kappa shape index (κ2) is 17.4. The number of benzene rings is 11. The fourth-order valence-corrected chi connectivity index (χ4v) is 17.9. The number of hydrogen-bond acceptors (Lipinski definition) is 2. The number of hydrogen-bond donors (Lipinski definition) is 0. The van der Waals surface area contributed by atoms with E-state index in [2.05, 4.69) is 284 Å². The van der Waals surface area contributed by atoms with Crippen molar-refractivity contribution in [2.75, 3.05) is 0 Å². The van der Waals surface area contributed by atoms with Gasteiger partial charge in [0.2, 0.25) is 0 Å². The molecule has 0 saturated carbocycles. The Morgan fingerprint density at radius 2 is 0.988 bits per heavy atom. The molecule has 84 heavy (non-hydrogen) atoms. The van der Waals surface area contributed by atoms with Crippen molar-refractivity contribution in [2.24, 2.45) is 0 Å². The summed E-state index contributed by atoms with van der Waals surface area (Å²) >= 11 is 2.03. The summed E-state index contributed by atoms with van der Waals surface area (Å²) in [6.45, 7) is 0. The van der Waals surface area contributed by atoms with Crippen LogP contribution in [-0.4, -0.2) is 14.8 Å². The first-order valence-corrected chi connectivity index (χ1v) is 30.6. The van der Waals surface area contributed by atoms with E-state index in [4.69, 9.17) is 4.98 Å². The molecule has 2 spiro atoms. The second-order valence-corrected chi connectivity index (χ2v) is 25.0. The van der Waals surface area contributed by atoms with Gasteiger partial charge in [-0.1, -0.05) is 225 Å². The molecular formula is C81H52N2S. The van der Waals surface area contributed by atoms with Crippen LogP contribution >= 0.6 is 11.8 Å². The summed E-state index contributed by atoms with van der Waals surface area (Å²) in [5.41, 5.74) is 34.3. The molecule has 2 unspecified atom stereocenters. The predicted octanol–water partition coefficient (Wildman–Crippen LogP) is 20.0. The van der Waals surface area contributed by atoms with Gasteiger partial charge < -0.3 is 0 Å². The van der Waals surface area contributed by atoms with Crippen molar-refractivity contribution in [2.45, 2.75) is 39.7 Å². The Bertz CT molecular complexity index is 4910. The van der Waals surface area contributed by atoms with E-state index in [0.29, 0.717) is 0 Å². The number of fused-ring (bicyclic) bond motifs is 23. The highest BCUT2D eigenvalue weighted by atomic mass is 32.2. The third kappa shape index (κ3) is 6.14. The largest absolute Gasteiger partial charge is 0.292 e. The van der Waals surface area contributed by atoms with Crippen molar-refractivity contribution in [3.8, 4) is 72.7 Å². The topological polar surface area (TPSA) is 17.8 Å². The van der Waals surface area contributed by atoms with Crippen LogP contribution in [0.2, 0.25) is 0 Å². The predicted molar refractivity (Wildman–Crippen MR) is 347 cm³/mol. The van der Waals surface area contributed by atoms with Gasteiger partial charge in [-0.2, -0.15) is 0 Å². The summed E-state index contributed by atoms with van der Waals surface area (Å²) in [4.78, 5) is 6.72. The summed E-state index contributed by atoms with van der Waals surface area (Å²) in [6, 6.07) is 94.1. The van der Waals surface area contributed by atoms with Crippen molar-refractivity contribution in [3.05, 3.63) is 340 Å². The van der Waals surface area contributed by atoms with Crippen molar-refractivity contribution in [1.82, 2.24) is 9.55 Å². The first kappa shape index (κ1) is 46.8. The number of nitrogens with zero attached hydrogens (tertiary/aromatic N) is 2. The highest BCUT2D eigenvalue weighted by Gasteiger charge is 2.54. The van der Waals surface area contributed by atoms with Gasteiger partial charge in [0.15, 0.2) is 0 Å². The maximum Gasteiger partial charge on any atom is 0.145 e. The molecule has 392 valence electrons. The highest BCUT2D eigenvalue weighted by molar-refractivity contribution is 8.00. The molecule has 6 aliphatic carbocycles. The van der Waals surface area contributed by atoms with Gasteiger partial charge in [0.1, 0.15) is 5.82 Å². The first-order valence-electron chi connectivity index (χ1n) is 29.7. The molecule has 19 rings (SSSR count). The fourth-order valence-electron chi connectivity index (χ4n) is 16.5. The molecule has 2 heterocycles. The minimum Gasteiger partial charge on any atom is -0.292 e. The van der Waals surface area contributed by atoms with Crippen molar-refractivity contribution < 1.29 is 0 Å². The van der Waals surface area contributed by atoms with Crippen LogP contribution in [0.4, 0.5) is 0 Å². The van der Waals surface area contributed by atoms with Crippen molar-refractivity contribution >= 4 is 33.9 Å². The second-order valence-electron chi connectivity index (χ2n) is 23.8. The van der Waals surface area contributed by atoms with E-state index in [9.17, 15) is 0 Å². The molecule has 0 fully saturated rings. The smallest absolute Gasteiger partial charge is 0.145 e. The third-order valence-corrected chi connectivity index (χ3v) is 21.3. The molecule has 1 aliphatic heterocycles. The lowest BCUT2D eigenvalue weighted by molar-refractivity contribution is 0.781. The summed E-state index contributed by atoms with van der Waals surface area (Å²) in [5, 5.41) is 0.235. The Morgan fingerprint density at radius 1 is 0.417 bits per heavy atom. The molecule has 1 aromatic heterocycles. The van der Waals surface area contributed by atoms with Gasteiger partial charge in [-0.25, -0.2) is 4.98 Å². The molecule has 0 amide bonds. The van der Waals surface area contributed by atoms with E-state index >= 15 is 0 Å². The summed E-state index contributed by atoms with van der Waals surface area (Å²) < 4.78 is 2.32. The monoisotopic (exact) mass is 1080 g/mol. The normalized spacial score (nSPS) is 17.7. The van der Waals surface area contributed by atoms with Crippen LogP contribution in [0.15, 0.2) is 290 Å². The minimum absolute atomic E-state index is 0.148. The molecule has 2 atom stereocenters. The lowest BCUT2D eigenvalue weighted by atomic mass is 9.68. The van der Waals surface area contributed by atoms with E-state index in [-0.39, 0.29) is 11.2 Å². The minimum atomic E-state index is -0.405. The maximum absolute atomic E-state index is 5.37. The summed E-state index contributed by atoms with van der Waals surface area (Å²) in [5.74, 6) is 1.08. The zero-order chi connectivity index (χ0) is 54.8. The molecule has 0 N–H and O–H groups in total. The van der Waals surface area contributed by atoms with E-state index in [1.54, 1.807) is 0 Å². The van der Waals surface area contributed by atoms with E-state index in [1.807, 2.05) is 11.8 Å². The Hall–Kier alpha value is -9.80. The summed E-state index contributed by atoms with van der Waals surface area (Å²) in [6.07, 6.45) is 14.5. The average molecular weight is 1090 g/mol. The third-order valence-electron chi connectivity index (χ3n) is 19.9. The van der Waals surface area contributed by atoms with Gasteiger partial charge in [0.05, 0.1) is 21.9 Å². The van der Waals surface area contributed by atoms with Crippen LogP contribution in [0.25, 0.3) is 94.9 Å². The Morgan fingerprint density at radius 3 is 1.69 bits per heavy atom. The standard InChI is InChI=1S/C81H52N2S/c1-2-21-55(22-3-1)83-76-36-17-16-35-75(76)82-79(83)53-20-18-19-52(43-53)64-45-54(51-38-41-63-61-28-9-15-34-72(61)81(74(63)48-51)69-31-12-6-25-58(69)59-26-7-13-32-70(59)81)46-66-65-44-49(39-42-77(65)84-78(64)66)50-37-40-62-60-27-8-14-33-71(60)80(73(62)47-50)67-29-10-4-23-56(67)57-24-5-11-30-68(57)80/h1-8,10-27,29-48,65,77H,9,28H2. The Labute approximate surface area is 493 Å². The van der Waals surface area contributed by atoms with E-state index < -0.39 is 10.8 Å². The fraction of sp³-hybridized carbons (Fsp3) is 0.0741. The van der Waals surface area contributed by atoms with Gasteiger partial charge in [0.25, 0.3) is 0 Å². The molecule has 0 bridgehead atoms. The van der Waals surface area contributed by atoms with Crippen LogP contribution in [-0.2, 0) is 10.8 Å². The van der Waals surface area contributed by atoms with Gasteiger partial charge >= 0.3 is 0 Å². The molecule has 3 heteroatoms. The number of imidazole rings is 1. The Kier molecular flexibility index (Phi) is 9.67. The number of thioether (sulfide) groups is 1. The van der Waals surface area contributed by atoms with Crippen molar-refractivity contribution in [1.29, 1.82) is 0 Å². The van der Waals surface area contributed by atoms with Crippen LogP contribution in [0.3, 0.4) is 0 Å². The first-order chi connectivity index (χ1) is 41.6. The number of para-hydroxylation sites is 3. The lowest BCUT2D eigenvalue weighted by Crippen LogP contribution is -2.27. The number of allylic oxidation sites excluding steroid dienone is 7. The average Bonchev–Trinajstić information content (AvgIpc) is 1.74. The zero-order valence-corrected chi connectivity index (χ0v) is 46.7. The lowest BCUT2D eigenvalue weighted by Gasteiger charge is -2.32. The summed E-state index contributed by atoms with van der Waals surface area (Å²) in [7, 11) is 0. The number of rotatable bonds is 5. The quantitative estimate of drug-likeness (QED) is 0.171. The molecule has 0 saturated heterocycles. The SMILES string of the molecule is C1=CC2=C(CC1)c1ccc(-c3cc(-c4cccc(-c5nc6ccccc6n5-c5ccccc5)c4)c4c(c3)C3C=C(c5ccc6c(c5)C5(c7ccccc7-c7ccccc75)c5ccccc5-6)C=CC3S4)cc1C21c2ccccc2-c2ccccc21. The van der Waals surface area contributed by atoms with Crippen LogP contribution in [0, 0.1) is 0 Å². The maximum atomic E-state index is 5.37. The molecule has 11 aromatic carbocycles. The molecule has 7 aliphatic rings. The molecular weight excluding hydrogens is 1030 g/mol. The van der Waals surface area contributed by atoms with E-state index in [0.717, 1.165) is 41.0 Å². The van der Waals surface area contributed by atoms with Gasteiger partial charge in [-0.3, -0.25) is 4.57 Å². The molecule has 12 aromatic rings. The molecule has 0 radical (unpaired) electrons. The Balaban J connectivity index is 0.804. The van der Waals surface area contributed by atoms with Crippen LogP contribution < -0.4 is 0 Å². The number of aromatic nitrogens is 2. The van der Waals surface area contributed by atoms with Crippen LogP contribution in [0.5, 0.6) is 0 Å². The van der Waals surface area contributed by atoms with Gasteiger partial charge in [0, 0.05) is 27.3 Å². The van der Waals surface area contributed by atoms with E-state index in [1.165, 1.54) is 133 Å². The molecule has 2 nitrogen and oxygen atoms in total. The van der Waals surface area contributed by atoms with Gasteiger partial charge in [-0.05, 0) is 195 Å². The highest BCUT2D eigenvalue weighted by Crippen LogP contribution is 2.66. The van der Waals surface area contributed by atoms with Gasteiger partial charge in [-0.15, -0.1) is 11.8 Å². The zero-order valence-electron chi connectivity index (χ0n) is 45.9.